The number of hydrogen-bond acceptors (Lipinski definition) is 4. The largest absolute Gasteiger partial charge is 0.343 e. The summed E-state index contributed by atoms with van der Waals surface area (Å²) in [6, 6.07) is 14.5. The van der Waals surface area contributed by atoms with Gasteiger partial charge in [0.2, 0.25) is 5.91 Å². The van der Waals surface area contributed by atoms with E-state index in [4.69, 9.17) is 0 Å². The van der Waals surface area contributed by atoms with Crippen LogP contribution < -0.4 is 9.62 Å². The van der Waals surface area contributed by atoms with Crippen molar-refractivity contribution in [3.05, 3.63) is 89.2 Å². The fourth-order valence-corrected chi connectivity index (χ4v) is 8.39. The summed E-state index contributed by atoms with van der Waals surface area (Å²) in [4.78, 5) is 27.0. The van der Waals surface area contributed by atoms with Crippen LogP contribution in [0, 0.1) is 11.7 Å². The minimum Gasteiger partial charge on any atom is -0.343 e. The second-order valence-electron chi connectivity index (χ2n) is 11.2. The fraction of sp³-hybridized carbons (Fsp3) is 0.355. The molecule has 1 saturated heterocycles. The van der Waals surface area contributed by atoms with Gasteiger partial charge in [-0.3, -0.25) is 13.9 Å². The van der Waals surface area contributed by atoms with Crippen molar-refractivity contribution in [2.45, 2.75) is 56.4 Å². The first kappa shape index (κ1) is 29.6. The van der Waals surface area contributed by atoms with E-state index in [1.807, 2.05) is 13.8 Å². The number of hydrogen-bond donors (Lipinski definition) is 1. The van der Waals surface area contributed by atoms with Crippen LogP contribution in [0.25, 0.3) is 0 Å². The molecule has 1 N–H and O–H groups in total. The topological polar surface area (TPSA) is 86.8 Å². The zero-order valence-corrected chi connectivity index (χ0v) is 24.3. The normalized spacial score (nSPS) is 18.0. The molecule has 2 aliphatic rings. The molecule has 1 unspecified atom stereocenters. The number of sulfonamides is 1. The number of nitrogens with one attached hydrogen (secondary N) is 1. The third kappa shape index (κ3) is 5.04. The van der Waals surface area contributed by atoms with E-state index in [1.54, 1.807) is 23.1 Å². The lowest BCUT2D eigenvalue weighted by atomic mass is 9.66. The number of nitrogens with zero attached hydrogens (tertiary/aromatic N) is 2. The van der Waals surface area contributed by atoms with Gasteiger partial charge in [0.05, 0.1) is 16.6 Å². The molecule has 1 spiro atoms. The average molecular weight is 600 g/mol. The van der Waals surface area contributed by atoms with E-state index < -0.39 is 39.6 Å². The lowest BCUT2D eigenvalue weighted by molar-refractivity contribution is -0.130. The minimum atomic E-state index is -4.15. The lowest BCUT2D eigenvalue weighted by Crippen LogP contribution is -2.55. The van der Waals surface area contributed by atoms with Gasteiger partial charge in [-0.2, -0.15) is 0 Å². The smallest absolute Gasteiger partial charge is 0.264 e. The zero-order valence-electron chi connectivity index (χ0n) is 23.5. The standard InChI is InChI=1S/C31H32F3N3O4S/c1-19(2)28-31(14-16-36(17-15-31)20(3)38)26-18-22(35-30(39)25-7-5-4-6-24(25)29(33)34)10-13-27(26)37(28)42(40,41)23-11-8-21(32)9-12-23/h4-13,18-19,28-29H,14-17H2,1-3H3,(H,35,39). The van der Waals surface area contributed by atoms with Crippen LogP contribution in [0.5, 0.6) is 0 Å². The predicted molar refractivity (Wildman–Crippen MR) is 154 cm³/mol. The number of carbonyl (C=O) groups is 2. The SMILES string of the molecule is CC(=O)N1CCC2(CC1)c1cc(NC(=O)c3ccccc3C(F)F)ccc1N(S(=O)(=O)c1ccc(F)cc1)C2C(C)C. The molecule has 42 heavy (non-hydrogen) atoms. The summed E-state index contributed by atoms with van der Waals surface area (Å²) in [5.41, 5.74) is 0.207. The van der Waals surface area contributed by atoms with Crippen LogP contribution in [0.4, 0.5) is 24.5 Å². The first-order chi connectivity index (χ1) is 19.9. The maximum atomic E-state index is 14.2. The van der Waals surface area contributed by atoms with Gasteiger partial charge in [0, 0.05) is 42.2 Å². The van der Waals surface area contributed by atoms with Crippen LogP contribution in [-0.2, 0) is 20.2 Å². The third-order valence-corrected chi connectivity index (χ3v) is 10.2. The number of anilines is 2. The van der Waals surface area contributed by atoms with E-state index in [-0.39, 0.29) is 27.8 Å². The van der Waals surface area contributed by atoms with E-state index in [1.165, 1.54) is 47.6 Å². The van der Waals surface area contributed by atoms with Gasteiger partial charge < -0.3 is 10.2 Å². The molecular weight excluding hydrogens is 567 g/mol. The van der Waals surface area contributed by atoms with Gasteiger partial charge in [-0.25, -0.2) is 21.6 Å². The van der Waals surface area contributed by atoms with E-state index in [0.717, 1.165) is 12.1 Å². The summed E-state index contributed by atoms with van der Waals surface area (Å²) in [6.07, 6.45) is -1.88. The molecular formula is C31H32F3N3O4S. The Morgan fingerprint density at radius 2 is 1.62 bits per heavy atom. The van der Waals surface area contributed by atoms with Crippen molar-refractivity contribution >= 4 is 33.2 Å². The molecule has 3 aromatic carbocycles. The van der Waals surface area contributed by atoms with Crippen molar-refractivity contribution in [1.82, 2.24) is 4.90 Å². The summed E-state index contributed by atoms with van der Waals surface area (Å²) in [5.74, 6) is -1.50. The fourth-order valence-electron chi connectivity index (χ4n) is 6.52. The van der Waals surface area contributed by atoms with Crippen molar-refractivity contribution in [2.75, 3.05) is 22.7 Å². The molecule has 1 fully saturated rings. The Kier molecular flexibility index (Phi) is 7.82. The van der Waals surface area contributed by atoms with Gasteiger partial charge in [-0.1, -0.05) is 32.0 Å². The van der Waals surface area contributed by atoms with E-state index in [0.29, 0.717) is 42.9 Å². The van der Waals surface area contributed by atoms with Crippen LogP contribution in [0.1, 0.15) is 61.5 Å². The molecule has 2 heterocycles. The third-order valence-electron chi connectivity index (χ3n) is 8.39. The number of halogens is 3. The van der Waals surface area contributed by atoms with Gasteiger partial charge in [0.1, 0.15) is 5.82 Å². The average Bonchev–Trinajstić information content (AvgIpc) is 3.23. The van der Waals surface area contributed by atoms with Gasteiger partial charge in [-0.05, 0) is 72.9 Å². The van der Waals surface area contributed by atoms with E-state index in [2.05, 4.69) is 5.32 Å². The zero-order chi connectivity index (χ0) is 30.4. The number of likely N-dealkylation sites (tertiary alicyclic amines) is 1. The van der Waals surface area contributed by atoms with Crippen LogP contribution in [0.2, 0.25) is 0 Å². The van der Waals surface area contributed by atoms with Crippen LogP contribution in [-0.4, -0.2) is 44.3 Å². The maximum Gasteiger partial charge on any atom is 0.264 e. The quantitative estimate of drug-likeness (QED) is 0.370. The summed E-state index contributed by atoms with van der Waals surface area (Å²) in [7, 11) is -4.15. The summed E-state index contributed by atoms with van der Waals surface area (Å²) in [6.45, 7) is 6.21. The first-order valence-corrected chi connectivity index (χ1v) is 15.2. The molecule has 2 amide bonds. The van der Waals surface area contributed by atoms with Crippen molar-refractivity contribution in [2.24, 2.45) is 5.92 Å². The van der Waals surface area contributed by atoms with Crippen LogP contribution in [0.15, 0.2) is 71.6 Å². The number of fused-ring (bicyclic) bond motifs is 2. The molecule has 3 aromatic rings. The molecule has 0 bridgehead atoms. The van der Waals surface area contributed by atoms with E-state index >= 15 is 0 Å². The summed E-state index contributed by atoms with van der Waals surface area (Å²) in [5, 5.41) is 2.72. The number of rotatable bonds is 6. The molecule has 11 heteroatoms. The second-order valence-corrected chi connectivity index (χ2v) is 13.0. The number of benzene rings is 3. The minimum absolute atomic E-state index is 0.0558. The van der Waals surface area contributed by atoms with Crippen molar-refractivity contribution in [3.63, 3.8) is 0 Å². The van der Waals surface area contributed by atoms with Gasteiger partial charge in [-0.15, -0.1) is 0 Å². The maximum absolute atomic E-state index is 14.2. The highest BCUT2D eigenvalue weighted by Crippen LogP contribution is 2.55. The van der Waals surface area contributed by atoms with Crippen LogP contribution in [0.3, 0.4) is 0 Å². The van der Waals surface area contributed by atoms with Crippen LogP contribution >= 0.6 is 0 Å². The van der Waals surface area contributed by atoms with Crippen molar-refractivity contribution in [1.29, 1.82) is 0 Å². The highest BCUT2D eigenvalue weighted by Gasteiger charge is 2.56. The lowest BCUT2D eigenvalue weighted by Gasteiger charge is -2.46. The van der Waals surface area contributed by atoms with Gasteiger partial charge in [0.15, 0.2) is 0 Å². The summed E-state index contributed by atoms with van der Waals surface area (Å²) >= 11 is 0. The Morgan fingerprint density at radius 1 is 0.976 bits per heavy atom. The molecule has 0 aromatic heterocycles. The molecule has 0 radical (unpaired) electrons. The molecule has 5 rings (SSSR count). The number of alkyl halides is 2. The molecule has 2 aliphatic heterocycles. The molecule has 7 nitrogen and oxygen atoms in total. The molecule has 0 saturated carbocycles. The Morgan fingerprint density at radius 3 is 2.21 bits per heavy atom. The Labute approximate surface area is 243 Å². The molecule has 0 aliphatic carbocycles. The van der Waals surface area contributed by atoms with Crippen molar-refractivity contribution in [3.8, 4) is 0 Å². The monoisotopic (exact) mass is 599 g/mol. The number of amides is 2. The first-order valence-electron chi connectivity index (χ1n) is 13.8. The molecule has 1 atom stereocenters. The van der Waals surface area contributed by atoms with Crippen molar-refractivity contribution < 1.29 is 31.2 Å². The molecule has 222 valence electrons. The Balaban J connectivity index is 1.62. The predicted octanol–water partition coefficient (Wildman–Crippen LogP) is 6.13. The highest BCUT2D eigenvalue weighted by atomic mass is 32.2. The highest BCUT2D eigenvalue weighted by molar-refractivity contribution is 7.92. The Bertz CT molecular complexity index is 1620. The Hall–Kier alpha value is -3.86. The summed E-state index contributed by atoms with van der Waals surface area (Å²) < 4.78 is 70.6. The van der Waals surface area contributed by atoms with E-state index in [9.17, 15) is 31.2 Å². The second kappa shape index (κ2) is 11.1. The van der Waals surface area contributed by atoms with Gasteiger partial charge in [0.25, 0.3) is 22.4 Å². The number of piperidine rings is 1. The number of carbonyl (C=O) groups excluding carboxylic acids is 2. The van der Waals surface area contributed by atoms with Gasteiger partial charge >= 0.3 is 0 Å².